The Kier molecular flexibility index (Phi) is 13.0. The highest BCUT2D eigenvalue weighted by molar-refractivity contribution is 7.90. The van der Waals surface area contributed by atoms with Crippen molar-refractivity contribution in [1.82, 2.24) is 24.9 Å². The highest BCUT2D eigenvalue weighted by Crippen LogP contribution is 2.49. The summed E-state index contributed by atoms with van der Waals surface area (Å²) >= 11 is 1.46. The number of carbonyl (C=O) groups is 4. The number of hydrogen-bond donors (Lipinski definition) is 4. The number of methoxy groups -OCH3 is 1. The van der Waals surface area contributed by atoms with Crippen molar-refractivity contribution >= 4 is 66.7 Å². The lowest BCUT2D eigenvalue weighted by atomic mass is 10.1. The Hall–Kier alpha value is -5.55. The van der Waals surface area contributed by atoms with Gasteiger partial charge >= 0.3 is 0 Å². The van der Waals surface area contributed by atoms with E-state index in [1.807, 2.05) is 43.5 Å². The van der Waals surface area contributed by atoms with Crippen LogP contribution in [0.25, 0.3) is 22.3 Å². The van der Waals surface area contributed by atoms with Crippen molar-refractivity contribution < 1.29 is 37.1 Å². The molecule has 0 bridgehead atoms. The molecule has 4 N–H and O–H groups in total. The van der Waals surface area contributed by atoms with Crippen LogP contribution in [0.5, 0.6) is 11.5 Å². The Balaban J connectivity index is 1.19. The van der Waals surface area contributed by atoms with Crippen molar-refractivity contribution in [2.24, 2.45) is 5.92 Å². The van der Waals surface area contributed by atoms with Crippen molar-refractivity contribution in [1.29, 1.82) is 0 Å². The van der Waals surface area contributed by atoms with Crippen LogP contribution < -0.4 is 30.1 Å². The van der Waals surface area contributed by atoms with E-state index in [-0.39, 0.29) is 60.7 Å². The number of pyridine rings is 1. The molecular weight excluding hydrogens is 819 g/mol. The molecule has 61 heavy (non-hydrogen) atoms. The molecule has 4 heterocycles. The lowest BCUT2D eigenvalue weighted by molar-refractivity contribution is -0.139. The number of thiazole rings is 1. The fraction of sp³-hybridized carbons (Fsp3) is 0.455. The van der Waals surface area contributed by atoms with Gasteiger partial charge in [0.2, 0.25) is 17.7 Å². The van der Waals surface area contributed by atoms with E-state index in [0.717, 1.165) is 30.8 Å². The topological polar surface area (TPSA) is 198 Å². The van der Waals surface area contributed by atoms with Gasteiger partial charge < -0.3 is 30.3 Å². The SMILES string of the molecule is C=C(C)[C@@H]1C[C@@]12NC(=O)[C@@H]1C[C@@H](Oc3cc(-c4csc(NC(C)C)n4)nc4cc(OC)ccc34)CN1C(=O)CCCCCCCCC(=O)Nc1ccccc1S(=O)(=O)NC2=O. The summed E-state index contributed by atoms with van der Waals surface area (Å²) < 4.78 is 42.1. The molecule has 0 unspecified atom stereocenters. The van der Waals surface area contributed by atoms with Gasteiger partial charge in [0.25, 0.3) is 15.9 Å². The number of nitrogens with one attached hydrogen (secondary N) is 4. The summed E-state index contributed by atoms with van der Waals surface area (Å²) in [5.74, 6) is -1.58. The minimum atomic E-state index is -4.53. The predicted octanol–water partition coefficient (Wildman–Crippen LogP) is 6.56. The van der Waals surface area contributed by atoms with E-state index < -0.39 is 45.4 Å². The monoisotopic (exact) mass is 871 g/mol. The van der Waals surface area contributed by atoms with E-state index in [1.54, 1.807) is 20.1 Å². The molecule has 1 aliphatic carbocycles. The van der Waals surface area contributed by atoms with E-state index in [1.165, 1.54) is 34.4 Å². The number of benzene rings is 2. The number of hydrogen-bond acceptors (Lipinski definition) is 12. The van der Waals surface area contributed by atoms with Crippen LogP contribution in [-0.4, -0.2) is 84.3 Å². The summed E-state index contributed by atoms with van der Waals surface area (Å²) in [6.45, 7) is 9.89. The van der Waals surface area contributed by atoms with Gasteiger partial charge in [-0.15, -0.1) is 11.3 Å². The first kappa shape index (κ1) is 43.5. The van der Waals surface area contributed by atoms with Crippen LogP contribution in [0.15, 0.2) is 71.0 Å². The first-order valence-electron chi connectivity index (χ1n) is 20.8. The van der Waals surface area contributed by atoms with E-state index >= 15 is 0 Å². The van der Waals surface area contributed by atoms with Gasteiger partial charge in [0, 0.05) is 54.1 Å². The van der Waals surface area contributed by atoms with Gasteiger partial charge in [0.15, 0.2) is 5.13 Å². The molecule has 4 amide bonds. The fourth-order valence-electron chi connectivity index (χ4n) is 8.13. The number of para-hydroxylation sites is 1. The van der Waals surface area contributed by atoms with Crippen molar-refractivity contribution in [3.63, 3.8) is 0 Å². The number of rotatable bonds is 7. The molecule has 1 saturated carbocycles. The Morgan fingerprint density at radius 3 is 2.44 bits per heavy atom. The van der Waals surface area contributed by atoms with Crippen LogP contribution in [0.2, 0.25) is 0 Å². The van der Waals surface area contributed by atoms with Crippen LogP contribution in [-0.2, 0) is 29.2 Å². The Morgan fingerprint density at radius 1 is 0.984 bits per heavy atom. The zero-order chi connectivity index (χ0) is 43.5. The summed E-state index contributed by atoms with van der Waals surface area (Å²) in [7, 11) is -2.95. The van der Waals surface area contributed by atoms with Gasteiger partial charge in [-0.1, -0.05) is 50.0 Å². The number of aromatic nitrogens is 2. The molecule has 15 nitrogen and oxygen atoms in total. The summed E-state index contributed by atoms with van der Waals surface area (Å²) in [5.41, 5.74) is 0.806. The van der Waals surface area contributed by atoms with Gasteiger partial charge in [-0.05, 0) is 64.3 Å². The number of sulfonamides is 1. The third kappa shape index (κ3) is 9.83. The molecule has 0 radical (unpaired) electrons. The zero-order valence-electron chi connectivity index (χ0n) is 34.9. The number of fused-ring (bicyclic) bond motifs is 3. The first-order chi connectivity index (χ1) is 29.2. The summed E-state index contributed by atoms with van der Waals surface area (Å²) in [4.78, 5) is 66.4. The van der Waals surface area contributed by atoms with E-state index in [0.29, 0.717) is 52.2 Å². The third-order valence-electron chi connectivity index (χ3n) is 11.4. The molecule has 3 aliphatic rings. The average molecular weight is 872 g/mol. The Labute approximate surface area is 360 Å². The molecular formula is C44H53N7O8S2. The van der Waals surface area contributed by atoms with Crippen molar-refractivity contribution in [2.75, 3.05) is 24.3 Å². The number of anilines is 2. The van der Waals surface area contributed by atoms with Crippen LogP contribution in [0, 0.1) is 5.92 Å². The second-order valence-electron chi connectivity index (χ2n) is 16.4. The predicted molar refractivity (Wildman–Crippen MR) is 234 cm³/mol. The summed E-state index contributed by atoms with van der Waals surface area (Å²) in [5, 5.41) is 12.3. The quantitative estimate of drug-likeness (QED) is 0.147. The largest absolute Gasteiger partial charge is 0.497 e. The summed E-state index contributed by atoms with van der Waals surface area (Å²) in [6.07, 6.45) is 4.48. The second-order valence-corrected chi connectivity index (χ2v) is 18.9. The highest BCUT2D eigenvalue weighted by Gasteiger charge is 2.63. The number of amides is 4. The summed E-state index contributed by atoms with van der Waals surface area (Å²) in [6, 6.07) is 12.3. The highest BCUT2D eigenvalue weighted by atomic mass is 32.2. The fourth-order valence-corrected chi connectivity index (χ4v) is 10.2. The van der Waals surface area contributed by atoms with E-state index in [9.17, 15) is 27.6 Å². The van der Waals surface area contributed by atoms with Crippen LogP contribution in [0.4, 0.5) is 10.8 Å². The normalized spacial score (nSPS) is 23.9. The zero-order valence-corrected chi connectivity index (χ0v) is 36.5. The van der Waals surface area contributed by atoms with Gasteiger partial charge in [-0.3, -0.25) is 19.2 Å². The molecule has 2 aromatic heterocycles. The van der Waals surface area contributed by atoms with Gasteiger partial charge in [-0.25, -0.2) is 23.1 Å². The van der Waals surface area contributed by atoms with Crippen molar-refractivity contribution in [3.05, 3.63) is 66.1 Å². The van der Waals surface area contributed by atoms with Crippen molar-refractivity contribution in [3.8, 4) is 22.9 Å². The third-order valence-corrected chi connectivity index (χ3v) is 13.5. The van der Waals surface area contributed by atoms with E-state index in [4.69, 9.17) is 19.4 Å². The molecule has 1 saturated heterocycles. The Morgan fingerprint density at radius 2 is 1.72 bits per heavy atom. The molecule has 2 aromatic carbocycles. The smallest absolute Gasteiger partial charge is 0.266 e. The van der Waals surface area contributed by atoms with Crippen LogP contribution in [0.3, 0.4) is 0 Å². The molecule has 17 heteroatoms. The minimum Gasteiger partial charge on any atom is -0.497 e. The molecule has 4 atom stereocenters. The Bertz CT molecular complexity index is 2450. The number of nitrogens with zero attached hydrogens (tertiary/aromatic N) is 3. The second kappa shape index (κ2) is 18.2. The molecule has 324 valence electrons. The molecule has 4 aromatic rings. The lowest BCUT2D eigenvalue weighted by Crippen LogP contribution is -2.56. The van der Waals surface area contributed by atoms with Gasteiger partial charge in [0.1, 0.15) is 39.8 Å². The molecule has 2 fully saturated rings. The van der Waals surface area contributed by atoms with Gasteiger partial charge in [-0.2, -0.15) is 0 Å². The number of carbonyl (C=O) groups excluding carboxylic acids is 4. The first-order valence-corrected chi connectivity index (χ1v) is 23.1. The molecule has 1 spiro atoms. The molecule has 7 rings (SSSR count). The average Bonchev–Trinajstić information content (AvgIpc) is 3.52. The van der Waals surface area contributed by atoms with Crippen LogP contribution >= 0.6 is 11.3 Å². The minimum absolute atomic E-state index is 0.0443. The van der Waals surface area contributed by atoms with Crippen molar-refractivity contribution in [2.45, 2.75) is 114 Å². The maximum atomic E-state index is 14.5. The van der Waals surface area contributed by atoms with E-state index in [2.05, 4.69) is 27.3 Å². The maximum absolute atomic E-state index is 14.5. The van der Waals surface area contributed by atoms with Gasteiger partial charge in [0.05, 0.1) is 30.6 Å². The molecule has 2 aliphatic heterocycles. The lowest BCUT2D eigenvalue weighted by Gasteiger charge is -2.27. The van der Waals surface area contributed by atoms with Crippen LogP contribution in [0.1, 0.15) is 85.0 Å². The maximum Gasteiger partial charge on any atom is 0.266 e. The standard InChI is InChI=1S/C44H53N7O8S2/c1-26(2)31-23-44(31)42(55)50-61(56,57)38-15-13-12-14-32(38)47-39(52)16-10-8-6-7-9-11-17-40(53)51-24-29(21-36(51)41(54)49-44)59-37-22-34(35-25-60-43(48-35)45-27(3)4)46-33-20-28(58-5)18-19-30(33)37/h12-15,18-20,22,25,27,29,31,36H,1,6-11,16-17,21,23-24H2,2-5H3,(H,45,48)(H,47,52)(H,49,54)(H,50,55)/t29-,31+,36+,44-/m1/s1. The number of ether oxygens (including phenoxy) is 2.